The van der Waals surface area contributed by atoms with E-state index in [-0.39, 0.29) is 17.4 Å². The van der Waals surface area contributed by atoms with E-state index in [0.29, 0.717) is 16.9 Å². The van der Waals surface area contributed by atoms with Gasteiger partial charge in [-0.25, -0.2) is 0 Å². The number of carbonyl (C=O) groups excluding carboxylic acids is 1. The molecule has 0 saturated heterocycles. The van der Waals surface area contributed by atoms with Crippen molar-refractivity contribution in [1.29, 1.82) is 0 Å². The predicted octanol–water partition coefficient (Wildman–Crippen LogP) is 7.01. The van der Waals surface area contributed by atoms with Gasteiger partial charge in [-0.3, -0.25) is 14.8 Å². The van der Waals surface area contributed by atoms with E-state index < -0.39 is 0 Å². The van der Waals surface area contributed by atoms with Gasteiger partial charge in [0.05, 0.1) is 12.8 Å². The van der Waals surface area contributed by atoms with Crippen molar-refractivity contribution in [3.8, 4) is 17.2 Å². The molecule has 4 aromatic rings. The number of hydrogen-bond acceptors (Lipinski definition) is 8. The summed E-state index contributed by atoms with van der Waals surface area (Å²) < 4.78 is 13.2. The van der Waals surface area contributed by atoms with Gasteiger partial charge < -0.3 is 9.47 Å². The maximum atomic E-state index is 12.5. The first-order valence-electron chi connectivity index (χ1n) is 13.5. The molecule has 1 aliphatic rings. The molecule has 1 saturated carbocycles. The third-order valence-electron chi connectivity index (χ3n) is 6.91. The van der Waals surface area contributed by atoms with Crippen LogP contribution in [-0.2, 0) is 11.4 Å². The monoisotopic (exact) mass is 555 g/mol. The molecule has 0 radical (unpaired) electrons. The number of aromatic nitrogens is 3. The highest BCUT2D eigenvalue weighted by Crippen LogP contribution is 2.33. The van der Waals surface area contributed by atoms with Crippen LogP contribution < -0.4 is 14.9 Å². The molecule has 0 atom stereocenters. The first kappa shape index (κ1) is 27.5. The number of benzene rings is 3. The van der Waals surface area contributed by atoms with Crippen molar-refractivity contribution < 1.29 is 14.3 Å². The number of anilines is 1. The highest BCUT2D eigenvalue weighted by Gasteiger charge is 2.20. The van der Waals surface area contributed by atoms with Crippen LogP contribution in [0.1, 0.15) is 56.3 Å². The number of ketones is 1. The summed E-state index contributed by atoms with van der Waals surface area (Å²) in [5.41, 5.74) is 5.93. The molecular formula is C31H33N5O3S. The van der Waals surface area contributed by atoms with Crippen molar-refractivity contribution in [2.45, 2.75) is 56.7 Å². The molecule has 5 rings (SSSR count). The number of thioether (sulfide) groups is 1. The fourth-order valence-corrected chi connectivity index (χ4v) is 5.55. The Morgan fingerprint density at radius 3 is 2.33 bits per heavy atom. The number of Topliss-reactive ketones (excluding diaryl/α,β-unsaturated/α-hetero) is 1. The van der Waals surface area contributed by atoms with Crippen LogP contribution in [0.5, 0.6) is 11.5 Å². The Morgan fingerprint density at radius 1 is 0.950 bits per heavy atom. The molecule has 1 fully saturated rings. The minimum absolute atomic E-state index is 0.190. The lowest BCUT2D eigenvalue weighted by atomic mass is 9.84. The van der Waals surface area contributed by atoms with Crippen LogP contribution in [0.4, 0.5) is 5.69 Å². The van der Waals surface area contributed by atoms with Gasteiger partial charge in [0.25, 0.3) is 0 Å². The number of methoxy groups -OCH3 is 1. The minimum atomic E-state index is -0.190. The van der Waals surface area contributed by atoms with Crippen LogP contribution in [0, 0.1) is 0 Å². The van der Waals surface area contributed by atoms with Gasteiger partial charge in [-0.15, -0.1) is 10.2 Å². The second kappa shape index (κ2) is 13.3. The molecule has 0 bridgehead atoms. The summed E-state index contributed by atoms with van der Waals surface area (Å²) in [5, 5.41) is 13.9. The summed E-state index contributed by atoms with van der Waals surface area (Å²) in [6, 6.07) is 25.5. The molecule has 40 heavy (non-hydrogen) atoms. The van der Waals surface area contributed by atoms with Gasteiger partial charge in [0.15, 0.2) is 16.7 Å². The van der Waals surface area contributed by atoms with E-state index in [9.17, 15) is 4.79 Å². The Labute approximate surface area is 238 Å². The lowest BCUT2D eigenvalue weighted by Gasteiger charge is -2.22. The largest absolute Gasteiger partial charge is 0.497 e. The topological polar surface area (TPSA) is 90.6 Å². The maximum Gasteiger partial charge on any atom is 0.202 e. The van der Waals surface area contributed by atoms with Crippen LogP contribution in [0.15, 0.2) is 89.1 Å². The molecule has 1 heterocycles. The third-order valence-corrected chi connectivity index (χ3v) is 7.92. The zero-order chi connectivity index (χ0) is 27.7. The summed E-state index contributed by atoms with van der Waals surface area (Å²) in [4.78, 5) is 12.5. The van der Waals surface area contributed by atoms with Crippen molar-refractivity contribution in [3.63, 3.8) is 0 Å². The van der Waals surface area contributed by atoms with Gasteiger partial charge in [-0.1, -0.05) is 49.6 Å². The summed E-state index contributed by atoms with van der Waals surface area (Å²) in [7, 11) is 1.61. The molecule has 1 N–H and O–H groups in total. The second-order valence-corrected chi connectivity index (χ2v) is 10.6. The fourth-order valence-electron chi connectivity index (χ4n) is 4.76. The van der Waals surface area contributed by atoms with Crippen molar-refractivity contribution in [3.05, 3.63) is 90.3 Å². The molecule has 1 aliphatic carbocycles. The van der Waals surface area contributed by atoms with Crippen molar-refractivity contribution >= 4 is 28.3 Å². The zero-order valence-electron chi connectivity index (χ0n) is 22.7. The van der Waals surface area contributed by atoms with Crippen molar-refractivity contribution in [2.24, 2.45) is 5.10 Å². The molecule has 1 aromatic heterocycles. The van der Waals surface area contributed by atoms with E-state index >= 15 is 0 Å². The fraction of sp³-hybridized carbons (Fsp3) is 0.290. The second-order valence-electron chi connectivity index (χ2n) is 9.68. The Bertz CT molecular complexity index is 1430. The summed E-state index contributed by atoms with van der Waals surface area (Å²) in [6.45, 7) is 1.70. The van der Waals surface area contributed by atoms with E-state index in [1.807, 2.05) is 71.3 Å². The lowest BCUT2D eigenvalue weighted by Crippen LogP contribution is -2.11. The normalized spacial score (nSPS) is 14.1. The van der Waals surface area contributed by atoms with Gasteiger partial charge in [-0.2, -0.15) is 5.10 Å². The van der Waals surface area contributed by atoms with E-state index in [2.05, 4.69) is 32.9 Å². The number of nitrogens with one attached hydrogen (secondary N) is 1. The predicted molar refractivity (Wildman–Crippen MR) is 159 cm³/mol. The van der Waals surface area contributed by atoms with Crippen LogP contribution in [0.25, 0.3) is 5.69 Å². The Kier molecular flexibility index (Phi) is 9.13. The molecule has 8 nitrogen and oxygen atoms in total. The highest BCUT2D eigenvalue weighted by atomic mass is 32.2. The van der Waals surface area contributed by atoms with Crippen LogP contribution in [-0.4, -0.2) is 32.7 Å². The molecule has 0 unspecified atom stereocenters. The molecule has 0 aliphatic heterocycles. The molecule has 0 amide bonds. The SMILES string of the molecule is COc1ccc(N/N=C(/Sc2nnc(COc3ccc(C4CCCCC4)cc3)n2-c2ccccc2)C(C)=O)cc1. The molecular weight excluding hydrogens is 522 g/mol. The van der Waals surface area contributed by atoms with E-state index in [1.54, 1.807) is 7.11 Å². The molecule has 9 heteroatoms. The number of hydrazone groups is 1. The van der Waals surface area contributed by atoms with Crippen LogP contribution in [0.2, 0.25) is 0 Å². The molecule has 206 valence electrons. The lowest BCUT2D eigenvalue weighted by molar-refractivity contribution is -0.110. The van der Waals surface area contributed by atoms with Crippen molar-refractivity contribution in [2.75, 3.05) is 12.5 Å². The molecule has 3 aromatic carbocycles. The maximum absolute atomic E-state index is 12.5. The number of nitrogens with zero attached hydrogens (tertiary/aromatic N) is 4. The Balaban J connectivity index is 1.33. The van der Waals surface area contributed by atoms with Gasteiger partial charge in [0.1, 0.15) is 18.1 Å². The van der Waals surface area contributed by atoms with Crippen LogP contribution in [0.3, 0.4) is 0 Å². The number of rotatable bonds is 10. The summed E-state index contributed by atoms with van der Waals surface area (Å²) in [6.07, 6.45) is 6.50. The van der Waals surface area contributed by atoms with E-state index in [0.717, 1.165) is 34.6 Å². The third kappa shape index (κ3) is 6.90. The smallest absolute Gasteiger partial charge is 0.202 e. The van der Waals surface area contributed by atoms with Gasteiger partial charge >= 0.3 is 0 Å². The van der Waals surface area contributed by atoms with Gasteiger partial charge in [-0.05, 0) is 84.6 Å². The number of para-hydroxylation sites is 1. The standard InChI is InChI=1S/C31H33N5O3S/c1-22(37)30(34-32-25-15-19-27(38-2)20-16-25)40-31-35-33-29(36(31)26-11-7-4-8-12-26)21-39-28-17-13-24(14-18-28)23-9-5-3-6-10-23/h4,7-8,11-20,23,32H,3,5-6,9-10,21H2,1-2H3/b34-30+. The minimum Gasteiger partial charge on any atom is -0.497 e. The number of ether oxygens (including phenoxy) is 2. The van der Waals surface area contributed by atoms with E-state index in [4.69, 9.17) is 9.47 Å². The van der Waals surface area contributed by atoms with Crippen LogP contribution >= 0.6 is 11.8 Å². The van der Waals surface area contributed by atoms with Gasteiger partial charge in [0, 0.05) is 12.6 Å². The average Bonchev–Trinajstić information content (AvgIpc) is 3.41. The Morgan fingerprint density at radius 2 is 1.65 bits per heavy atom. The van der Waals surface area contributed by atoms with E-state index in [1.165, 1.54) is 44.6 Å². The Hall–Kier alpha value is -4.11. The zero-order valence-corrected chi connectivity index (χ0v) is 23.6. The number of hydrogen-bond donors (Lipinski definition) is 1. The summed E-state index contributed by atoms with van der Waals surface area (Å²) in [5.74, 6) is 2.60. The average molecular weight is 556 g/mol. The first-order valence-corrected chi connectivity index (χ1v) is 14.3. The summed E-state index contributed by atoms with van der Waals surface area (Å²) >= 11 is 1.15. The van der Waals surface area contributed by atoms with Crippen molar-refractivity contribution in [1.82, 2.24) is 14.8 Å². The van der Waals surface area contributed by atoms with Gasteiger partial charge in [0.2, 0.25) is 5.16 Å². The molecule has 0 spiro atoms. The first-order chi connectivity index (χ1) is 19.6. The number of carbonyl (C=O) groups is 1. The quantitative estimate of drug-likeness (QED) is 0.0974. The highest BCUT2D eigenvalue weighted by molar-refractivity contribution is 8.15.